The van der Waals surface area contributed by atoms with E-state index in [0.717, 1.165) is 35.5 Å². The van der Waals surface area contributed by atoms with Gasteiger partial charge in [-0.3, -0.25) is 19.3 Å². The molecule has 1 fully saturated rings. The van der Waals surface area contributed by atoms with Gasteiger partial charge in [-0.25, -0.2) is 14.3 Å². The second-order valence-electron chi connectivity index (χ2n) is 11.8. The number of carboxylic acid groups (broad SMARTS) is 2. The number of aliphatic carboxylic acids is 2. The Morgan fingerprint density at radius 2 is 1.88 bits per heavy atom. The monoisotopic (exact) mass is 701 g/mol. The van der Waals surface area contributed by atoms with Crippen molar-refractivity contribution in [2.75, 3.05) is 18.0 Å². The van der Waals surface area contributed by atoms with Crippen molar-refractivity contribution in [2.45, 2.75) is 82.9 Å². The molecule has 258 valence electrons. The largest absolute Gasteiger partial charge is 0.543 e. The molecule has 1 saturated heterocycles. The van der Waals surface area contributed by atoms with Crippen LogP contribution in [0, 0.1) is 0 Å². The number of carbonyl (C=O) groups is 5. The molecular weight excluding hydrogens is 663 g/mol. The molecule has 0 saturated carbocycles. The summed E-state index contributed by atoms with van der Waals surface area (Å²) in [6.07, 6.45) is 10.1. The maximum Gasteiger partial charge on any atom is 0.350 e. The van der Waals surface area contributed by atoms with E-state index in [1.807, 2.05) is 0 Å². The van der Waals surface area contributed by atoms with E-state index >= 15 is 0 Å². The number of anilines is 1. The number of thiazole rings is 1. The van der Waals surface area contributed by atoms with Gasteiger partial charge in [0, 0.05) is 35.4 Å². The topological polar surface area (TPSA) is 220 Å². The van der Waals surface area contributed by atoms with E-state index in [-0.39, 0.29) is 34.7 Å². The molecule has 2 aliphatic heterocycles. The summed E-state index contributed by atoms with van der Waals surface area (Å²) < 4.78 is 1.70. The minimum Gasteiger partial charge on any atom is -0.543 e. The van der Waals surface area contributed by atoms with Crippen LogP contribution >= 0.6 is 23.1 Å². The maximum absolute atomic E-state index is 13.3. The molecule has 0 aliphatic carbocycles. The first-order chi connectivity index (χ1) is 22.8. The van der Waals surface area contributed by atoms with Gasteiger partial charge in [-0.05, 0) is 20.3 Å². The Bertz CT molecular complexity index is 1610. The highest BCUT2D eigenvalue weighted by atomic mass is 32.2. The summed E-state index contributed by atoms with van der Waals surface area (Å²) in [7, 11) is 0. The summed E-state index contributed by atoms with van der Waals surface area (Å²) in [5.41, 5.74) is 4.13. The summed E-state index contributed by atoms with van der Waals surface area (Å²) in [6, 6.07) is 2.17. The van der Waals surface area contributed by atoms with Gasteiger partial charge in [-0.2, -0.15) is 0 Å². The molecule has 2 aliphatic rings. The van der Waals surface area contributed by atoms with Crippen LogP contribution in [0.15, 0.2) is 46.3 Å². The molecule has 2 atom stereocenters. The summed E-state index contributed by atoms with van der Waals surface area (Å²) in [6.45, 7) is 5.37. The minimum absolute atomic E-state index is 0.00653. The van der Waals surface area contributed by atoms with Crippen molar-refractivity contribution >= 4 is 63.6 Å². The van der Waals surface area contributed by atoms with E-state index in [4.69, 9.17) is 10.6 Å². The van der Waals surface area contributed by atoms with Gasteiger partial charge in [0.2, 0.25) is 5.60 Å². The highest BCUT2D eigenvalue weighted by Gasteiger charge is 2.53. The molecule has 15 nitrogen and oxygen atoms in total. The zero-order valence-electron chi connectivity index (χ0n) is 26.9. The number of aromatic nitrogens is 2. The number of rotatable bonds is 17. The number of nitrogens with two attached hydrogens (primary N) is 1. The molecule has 0 unspecified atom stereocenters. The summed E-state index contributed by atoms with van der Waals surface area (Å²) in [4.78, 5) is 73.0. The predicted octanol–water partition coefficient (Wildman–Crippen LogP) is 0.791. The van der Waals surface area contributed by atoms with Gasteiger partial charge in [0.05, 0.1) is 17.2 Å². The Kier molecular flexibility index (Phi) is 12.2. The maximum atomic E-state index is 13.3. The fourth-order valence-electron chi connectivity index (χ4n) is 4.95. The number of hydrogen-bond donors (Lipinski definition) is 4. The molecule has 3 amide bonds. The van der Waals surface area contributed by atoms with E-state index in [2.05, 4.69) is 27.7 Å². The number of carboxylic acids is 2. The molecular formula is C31H39N7O8S2. The molecule has 17 heteroatoms. The van der Waals surface area contributed by atoms with Gasteiger partial charge in [-0.1, -0.05) is 44.2 Å². The van der Waals surface area contributed by atoms with Crippen LogP contribution in [0.1, 0.15) is 75.3 Å². The first-order valence-corrected chi connectivity index (χ1v) is 17.4. The van der Waals surface area contributed by atoms with Crippen LogP contribution in [0.3, 0.4) is 0 Å². The van der Waals surface area contributed by atoms with Crippen LogP contribution in [0.4, 0.5) is 5.13 Å². The number of thioether (sulfide) groups is 1. The number of oxime groups is 1. The summed E-state index contributed by atoms with van der Waals surface area (Å²) >= 11 is 2.27. The third kappa shape index (κ3) is 8.69. The highest BCUT2D eigenvalue weighted by Crippen LogP contribution is 2.40. The van der Waals surface area contributed by atoms with Crippen LogP contribution in [-0.2, 0) is 30.6 Å². The van der Waals surface area contributed by atoms with Gasteiger partial charge < -0.3 is 36.2 Å². The van der Waals surface area contributed by atoms with Crippen molar-refractivity contribution in [3.05, 3.63) is 52.4 Å². The van der Waals surface area contributed by atoms with Crippen LogP contribution in [-0.4, -0.2) is 79.7 Å². The van der Waals surface area contributed by atoms with Crippen LogP contribution in [0.25, 0.3) is 0 Å². The molecule has 2 aromatic rings. The zero-order valence-corrected chi connectivity index (χ0v) is 28.5. The Balaban J connectivity index is 1.41. The highest BCUT2D eigenvalue weighted by molar-refractivity contribution is 8.00. The first kappa shape index (κ1) is 36.3. The fourth-order valence-corrected chi connectivity index (χ4v) is 6.83. The van der Waals surface area contributed by atoms with Crippen LogP contribution in [0.2, 0.25) is 0 Å². The van der Waals surface area contributed by atoms with Crippen molar-refractivity contribution in [2.24, 2.45) is 5.16 Å². The number of unbranched alkanes of at least 4 members (excludes halogenated alkanes) is 5. The lowest BCUT2D eigenvalue weighted by molar-refractivity contribution is -0.689. The van der Waals surface area contributed by atoms with Crippen LogP contribution in [0.5, 0.6) is 0 Å². The summed E-state index contributed by atoms with van der Waals surface area (Å²) in [5.74, 6) is -4.41. The number of nitrogens with one attached hydrogen (secondary N) is 2. The van der Waals surface area contributed by atoms with E-state index in [1.165, 1.54) is 50.3 Å². The number of carbonyl (C=O) groups excluding carboxylic acids is 4. The summed E-state index contributed by atoms with van der Waals surface area (Å²) in [5, 5.41) is 31.6. The van der Waals surface area contributed by atoms with Gasteiger partial charge in [-0.15, -0.1) is 23.1 Å². The molecule has 4 heterocycles. The average molecular weight is 702 g/mol. The second-order valence-corrected chi connectivity index (χ2v) is 13.8. The Morgan fingerprint density at radius 3 is 2.50 bits per heavy atom. The third-order valence-electron chi connectivity index (χ3n) is 7.73. The van der Waals surface area contributed by atoms with Crippen molar-refractivity contribution in [1.29, 1.82) is 0 Å². The van der Waals surface area contributed by atoms with E-state index in [1.54, 1.807) is 29.1 Å². The van der Waals surface area contributed by atoms with Crippen molar-refractivity contribution in [1.82, 2.24) is 20.5 Å². The fraction of sp³-hybridized carbons (Fsp3) is 0.484. The molecule has 5 N–H and O–H groups in total. The van der Waals surface area contributed by atoms with E-state index in [0.29, 0.717) is 17.7 Å². The third-order valence-corrected chi connectivity index (χ3v) is 9.74. The molecule has 2 aromatic heterocycles. The first-order valence-electron chi connectivity index (χ1n) is 15.5. The number of fused-ring (bicyclic) bond motifs is 1. The number of nitrogen functional groups attached to an aromatic ring is 1. The quantitative estimate of drug-likeness (QED) is 0.0594. The van der Waals surface area contributed by atoms with Crippen molar-refractivity contribution < 1.29 is 43.6 Å². The Labute approximate surface area is 285 Å². The van der Waals surface area contributed by atoms with Crippen molar-refractivity contribution in [3.8, 4) is 0 Å². The lowest BCUT2D eigenvalue weighted by Crippen LogP contribution is -2.71. The normalized spacial score (nSPS) is 17.8. The molecule has 0 radical (unpaired) electrons. The standard InChI is InChI=1S/C31H39N7O8S2/c1-4-5-6-7-8-9-12-33-24(39)18-10-13-37(14-11-18)15-19-16-47-27-22(26(41)38(27)23(19)28(42)43)35-25(40)21(20-17-48-30(32)34-20)36-46-31(2,3)29(44)45/h10-11,13-14,17,22,27H,4-9,12,15-16H2,1-3H3,(H5-,32,33,34,35,39,40,42,43,44,45)/b36-21-/t22-,27-/m1/s1. The number of pyridine rings is 1. The lowest BCUT2D eigenvalue weighted by atomic mass is 10.0. The number of nitrogens with zero attached hydrogens (tertiary/aromatic N) is 4. The second kappa shape index (κ2) is 16.1. The molecule has 0 spiro atoms. The number of amides is 3. The Morgan fingerprint density at radius 1 is 1.19 bits per heavy atom. The van der Waals surface area contributed by atoms with E-state index in [9.17, 15) is 34.2 Å². The van der Waals surface area contributed by atoms with Gasteiger partial charge >= 0.3 is 5.97 Å². The van der Waals surface area contributed by atoms with Gasteiger partial charge in [0.15, 0.2) is 29.8 Å². The number of β-lactam (4-membered cyclic amide) rings is 1. The van der Waals surface area contributed by atoms with Gasteiger partial charge in [0.1, 0.15) is 17.1 Å². The zero-order chi connectivity index (χ0) is 35.0. The number of hydrogen-bond acceptors (Lipinski definition) is 12. The Hall–Kier alpha value is -4.51. The molecule has 4 rings (SSSR count). The lowest BCUT2D eigenvalue weighted by Gasteiger charge is -2.50. The minimum atomic E-state index is -1.78. The smallest absolute Gasteiger partial charge is 0.350 e. The van der Waals surface area contributed by atoms with Gasteiger partial charge in [0.25, 0.3) is 17.7 Å². The molecule has 0 aromatic carbocycles. The van der Waals surface area contributed by atoms with Crippen molar-refractivity contribution in [3.63, 3.8) is 0 Å². The predicted molar refractivity (Wildman–Crippen MR) is 175 cm³/mol. The molecule has 0 bridgehead atoms. The van der Waals surface area contributed by atoms with Crippen LogP contribution < -0.4 is 26.0 Å². The SMILES string of the molecule is CCCCCCCCNC(=O)c1cc[n+](CC2=C(C(=O)[O-])N3C(=O)[C@@H](NC(=O)/C(=N\OC(C)(C)C(=O)O)c4csc(N)n4)[C@H]3SC2)cc1. The average Bonchev–Trinajstić information content (AvgIpc) is 3.48. The molecule has 48 heavy (non-hydrogen) atoms. The van der Waals surface area contributed by atoms with E-state index < -0.39 is 46.5 Å².